The Hall–Kier alpha value is -2.18. The second-order valence-corrected chi connectivity index (χ2v) is 7.67. The van der Waals surface area contributed by atoms with Gasteiger partial charge in [0, 0.05) is 4.88 Å². The fraction of sp³-hybridized carbons (Fsp3) is 0.316. The van der Waals surface area contributed by atoms with Crippen LogP contribution in [0.15, 0.2) is 24.3 Å². The minimum Gasteiger partial charge on any atom is -0.465 e. The van der Waals surface area contributed by atoms with Gasteiger partial charge in [-0.1, -0.05) is 18.6 Å². The molecule has 0 atom stereocenters. The number of carbonyl (C=O) groups is 1. The highest BCUT2D eigenvalue weighted by Gasteiger charge is 2.21. The number of halogens is 1. The molecule has 134 valence electrons. The van der Waals surface area contributed by atoms with Crippen molar-refractivity contribution in [1.29, 1.82) is 0 Å². The van der Waals surface area contributed by atoms with Gasteiger partial charge < -0.3 is 10.1 Å². The Morgan fingerprint density at radius 2 is 2.00 bits per heavy atom. The van der Waals surface area contributed by atoms with Gasteiger partial charge in [0.1, 0.15) is 10.6 Å². The number of benzene rings is 1. The Morgan fingerprint density at radius 1 is 1.19 bits per heavy atom. The van der Waals surface area contributed by atoms with E-state index in [1.807, 2.05) is 12.1 Å². The third-order valence-electron chi connectivity index (χ3n) is 4.62. The summed E-state index contributed by atoms with van der Waals surface area (Å²) in [6.07, 6.45) is 5.71. The molecule has 0 radical (unpaired) electrons. The number of hydrogen-bond acceptors (Lipinski definition) is 6. The van der Waals surface area contributed by atoms with Crippen molar-refractivity contribution in [2.24, 2.45) is 0 Å². The van der Waals surface area contributed by atoms with Gasteiger partial charge in [-0.2, -0.15) is 4.98 Å². The average molecular weight is 388 g/mol. The molecular weight excluding hydrogens is 370 g/mol. The molecule has 4 rings (SSSR count). The highest BCUT2D eigenvalue weighted by Crippen LogP contribution is 2.39. The van der Waals surface area contributed by atoms with E-state index in [4.69, 9.17) is 16.3 Å². The molecule has 3 aromatic rings. The first-order valence-electron chi connectivity index (χ1n) is 8.59. The molecule has 2 aromatic heterocycles. The number of thiophene rings is 1. The second kappa shape index (κ2) is 7.21. The molecule has 0 spiro atoms. The minimum atomic E-state index is -0.395. The van der Waals surface area contributed by atoms with E-state index >= 15 is 0 Å². The number of para-hydroxylation sites is 1. The summed E-state index contributed by atoms with van der Waals surface area (Å²) in [4.78, 5) is 23.2. The van der Waals surface area contributed by atoms with E-state index in [1.54, 1.807) is 23.5 Å². The molecule has 0 fully saturated rings. The van der Waals surface area contributed by atoms with Gasteiger partial charge in [-0.3, -0.25) is 0 Å². The van der Waals surface area contributed by atoms with E-state index in [9.17, 15) is 4.79 Å². The standard InChI is InChI=1S/C19H18ClN3O2S/c1-25-18(24)11-7-5-6-9-13(11)21-16-15-12-8-3-2-4-10-14(12)26-17(15)23-19(20)22-16/h5-7,9H,2-4,8,10H2,1H3,(H,21,22,23). The first-order chi connectivity index (χ1) is 12.7. The van der Waals surface area contributed by atoms with E-state index in [1.165, 1.54) is 36.8 Å². The van der Waals surface area contributed by atoms with Gasteiger partial charge in [0.05, 0.1) is 23.7 Å². The summed E-state index contributed by atoms with van der Waals surface area (Å²) >= 11 is 7.87. The zero-order chi connectivity index (χ0) is 18.1. The number of esters is 1. The summed E-state index contributed by atoms with van der Waals surface area (Å²) in [5.41, 5.74) is 2.42. The third-order valence-corrected chi connectivity index (χ3v) is 5.98. The van der Waals surface area contributed by atoms with Crippen molar-refractivity contribution in [2.75, 3.05) is 12.4 Å². The fourth-order valence-corrected chi connectivity index (χ4v) is 4.89. The number of rotatable bonds is 3. The molecule has 1 aromatic carbocycles. The van der Waals surface area contributed by atoms with Crippen molar-refractivity contribution < 1.29 is 9.53 Å². The molecule has 0 bridgehead atoms. The minimum absolute atomic E-state index is 0.201. The summed E-state index contributed by atoms with van der Waals surface area (Å²) in [6, 6.07) is 7.22. The summed E-state index contributed by atoms with van der Waals surface area (Å²) in [7, 11) is 1.37. The first kappa shape index (κ1) is 17.2. The highest BCUT2D eigenvalue weighted by atomic mass is 35.5. The van der Waals surface area contributed by atoms with Gasteiger partial charge in [0.25, 0.3) is 0 Å². The Balaban J connectivity index is 1.85. The van der Waals surface area contributed by atoms with E-state index in [0.29, 0.717) is 17.1 Å². The number of methoxy groups -OCH3 is 1. The van der Waals surface area contributed by atoms with Gasteiger partial charge in [-0.25, -0.2) is 9.78 Å². The van der Waals surface area contributed by atoms with Crippen LogP contribution in [0.3, 0.4) is 0 Å². The van der Waals surface area contributed by atoms with E-state index in [2.05, 4.69) is 15.3 Å². The fourth-order valence-electron chi connectivity index (χ4n) is 3.41. The number of aromatic nitrogens is 2. The molecule has 7 heteroatoms. The van der Waals surface area contributed by atoms with E-state index in [-0.39, 0.29) is 5.28 Å². The van der Waals surface area contributed by atoms with Crippen LogP contribution in [-0.2, 0) is 17.6 Å². The Labute approximate surface area is 160 Å². The Bertz CT molecular complexity index is 986. The van der Waals surface area contributed by atoms with Crippen molar-refractivity contribution in [2.45, 2.75) is 32.1 Å². The van der Waals surface area contributed by atoms with Crippen LogP contribution in [0.5, 0.6) is 0 Å². The molecule has 5 nitrogen and oxygen atoms in total. The second-order valence-electron chi connectivity index (χ2n) is 6.25. The predicted octanol–water partition coefficient (Wildman–Crippen LogP) is 5.14. The number of fused-ring (bicyclic) bond motifs is 3. The summed E-state index contributed by atoms with van der Waals surface area (Å²) in [5.74, 6) is 0.254. The molecule has 1 aliphatic carbocycles. The lowest BCUT2D eigenvalue weighted by Crippen LogP contribution is -2.06. The SMILES string of the molecule is COC(=O)c1ccccc1Nc1nc(Cl)nc2sc3c(c12)CCCCC3. The van der Waals surface area contributed by atoms with Gasteiger partial charge in [-0.15, -0.1) is 11.3 Å². The maximum Gasteiger partial charge on any atom is 0.339 e. The average Bonchev–Trinajstić information content (AvgIpc) is 2.82. The first-order valence-corrected chi connectivity index (χ1v) is 9.79. The number of aryl methyl sites for hydroxylation is 2. The van der Waals surface area contributed by atoms with Gasteiger partial charge in [-0.05, 0) is 55.0 Å². The molecular formula is C19H18ClN3O2S. The van der Waals surface area contributed by atoms with Crippen LogP contribution in [-0.4, -0.2) is 23.0 Å². The lowest BCUT2D eigenvalue weighted by atomic mass is 10.1. The number of nitrogens with zero attached hydrogens (tertiary/aromatic N) is 2. The van der Waals surface area contributed by atoms with E-state index in [0.717, 1.165) is 23.1 Å². The quantitative estimate of drug-likeness (QED) is 0.382. The maximum absolute atomic E-state index is 12.1. The Kier molecular flexibility index (Phi) is 4.78. The van der Waals surface area contributed by atoms with Crippen molar-refractivity contribution in [1.82, 2.24) is 9.97 Å². The number of nitrogens with one attached hydrogen (secondary N) is 1. The summed E-state index contributed by atoms with van der Waals surface area (Å²) in [6.45, 7) is 0. The molecule has 2 heterocycles. The maximum atomic E-state index is 12.1. The normalized spacial score (nSPS) is 13.9. The van der Waals surface area contributed by atoms with Gasteiger partial charge in [0.15, 0.2) is 0 Å². The smallest absolute Gasteiger partial charge is 0.339 e. The van der Waals surface area contributed by atoms with Crippen LogP contribution in [0, 0.1) is 0 Å². The third kappa shape index (κ3) is 3.15. The van der Waals surface area contributed by atoms with Crippen LogP contribution < -0.4 is 5.32 Å². The van der Waals surface area contributed by atoms with Crippen molar-refractivity contribution in [3.8, 4) is 0 Å². The number of hydrogen-bond donors (Lipinski definition) is 1. The largest absolute Gasteiger partial charge is 0.465 e. The molecule has 0 unspecified atom stereocenters. The monoisotopic (exact) mass is 387 g/mol. The summed E-state index contributed by atoms with van der Waals surface area (Å²) in [5, 5.41) is 4.52. The molecule has 1 N–H and O–H groups in total. The van der Waals surface area contributed by atoms with Crippen LogP contribution in [0.1, 0.15) is 40.1 Å². The predicted molar refractivity (Wildman–Crippen MR) is 105 cm³/mol. The molecule has 0 amide bonds. The highest BCUT2D eigenvalue weighted by molar-refractivity contribution is 7.19. The molecule has 0 saturated heterocycles. The molecule has 26 heavy (non-hydrogen) atoms. The van der Waals surface area contributed by atoms with Crippen molar-refractivity contribution in [3.05, 3.63) is 45.6 Å². The lowest BCUT2D eigenvalue weighted by molar-refractivity contribution is 0.0602. The van der Waals surface area contributed by atoms with E-state index < -0.39 is 5.97 Å². The number of carbonyl (C=O) groups excluding carboxylic acids is 1. The van der Waals surface area contributed by atoms with Crippen molar-refractivity contribution in [3.63, 3.8) is 0 Å². The number of anilines is 2. The van der Waals surface area contributed by atoms with Crippen LogP contribution >= 0.6 is 22.9 Å². The molecule has 0 saturated carbocycles. The number of ether oxygens (including phenoxy) is 1. The lowest BCUT2D eigenvalue weighted by Gasteiger charge is -2.12. The van der Waals surface area contributed by atoms with Gasteiger partial charge in [0.2, 0.25) is 5.28 Å². The zero-order valence-electron chi connectivity index (χ0n) is 14.3. The molecule has 0 aliphatic heterocycles. The Morgan fingerprint density at radius 3 is 2.85 bits per heavy atom. The van der Waals surface area contributed by atoms with Crippen LogP contribution in [0.2, 0.25) is 5.28 Å². The topological polar surface area (TPSA) is 64.1 Å². The van der Waals surface area contributed by atoms with Gasteiger partial charge >= 0.3 is 5.97 Å². The zero-order valence-corrected chi connectivity index (χ0v) is 15.9. The van der Waals surface area contributed by atoms with Crippen LogP contribution in [0.25, 0.3) is 10.2 Å². The summed E-state index contributed by atoms with van der Waals surface area (Å²) < 4.78 is 4.88. The van der Waals surface area contributed by atoms with Crippen molar-refractivity contribution >= 4 is 50.6 Å². The van der Waals surface area contributed by atoms with Crippen LogP contribution in [0.4, 0.5) is 11.5 Å². The molecule has 1 aliphatic rings.